The lowest BCUT2D eigenvalue weighted by Crippen LogP contribution is -2.20. The molecule has 1 aromatic heterocycles. The normalized spacial score (nSPS) is 10.1. The molecule has 0 saturated carbocycles. The van der Waals surface area contributed by atoms with Gasteiger partial charge >= 0.3 is 0 Å². The van der Waals surface area contributed by atoms with Gasteiger partial charge in [0.15, 0.2) is 0 Å². The molecular formula is C13H11BrN2O2. The van der Waals surface area contributed by atoms with Crippen molar-refractivity contribution in [1.29, 1.82) is 0 Å². The number of H-pyrrole nitrogens is 1. The van der Waals surface area contributed by atoms with E-state index in [9.17, 15) is 9.59 Å². The zero-order valence-electron chi connectivity index (χ0n) is 9.44. The molecule has 0 aliphatic heterocycles. The summed E-state index contributed by atoms with van der Waals surface area (Å²) in [6, 6.07) is 10.7. The molecule has 1 aromatic carbocycles. The third kappa shape index (κ3) is 3.30. The van der Waals surface area contributed by atoms with Crippen LogP contribution in [0, 0.1) is 0 Å². The average molecular weight is 307 g/mol. The summed E-state index contributed by atoms with van der Waals surface area (Å²) in [6.45, 7) is 0. The highest BCUT2D eigenvalue weighted by Crippen LogP contribution is 2.11. The third-order valence-corrected chi connectivity index (χ3v) is 2.90. The Balaban J connectivity index is 2.03. The monoisotopic (exact) mass is 306 g/mol. The van der Waals surface area contributed by atoms with Gasteiger partial charge in [-0.05, 0) is 29.8 Å². The summed E-state index contributed by atoms with van der Waals surface area (Å²) in [7, 11) is 0. The Morgan fingerprint density at radius 2 is 1.94 bits per heavy atom. The summed E-state index contributed by atoms with van der Waals surface area (Å²) in [5.74, 6) is -0.214. The third-order valence-electron chi connectivity index (χ3n) is 2.37. The fourth-order valence-corrected chi connectivity index (χ4v) is 1.77. The van der Waals surface area contributed by atoms with Crippen LogP contribution >= 0.6 is 15.9 Å². The van der Waals surface area contributed by atoms with E-state index in [1.165, 1.54) is 6.20 Å². The number of nitrogens with one attached hydrogen (secondary N) is 2. The molecule has 0 aliphatic rings. The van der Waals surface area contributed by atoms with Gasteiger partial charge in [0.1, 0.15) is 5.69 Å². The van der Waals surface area contributed by atoms with Gasteiger partial charge in [0, 0.05) is 10.7 Å². The summed E-state index contributed by atoms with van der Waals surface area (Å²) < 4.78 is 0.964. The van der Waals surface area contributed by atoms with E-state index in [0.29, 0.717) is 0 Å². The fourth-order valence-electron chi connectivity index (χ4n) is 1.50. The van der Waals surface area contributed by atoms with E-state index >= 15 is 0 Å². The Morgan fingerprint density at radius 1 is 1.22 bits per heavy atom. The van der Waals surface area contributed by atoms with Crippen molar-refractivity contribution in [2.24, 2.45) is 0 Å². The zero-order valence-corrected chi connectivity index (χ0v) is 11.0. The Kier molecular flexibility index (Phi) is 3.94. The Bertz CT molecular complexity index is 605. The Labute approximate surface area is 112 Å². The summed E-state index contributed by atoms with van der Waals surface area (Å²) in [6.07, 6.45) is 1.76. The molecule has 4 nitrogen and oxygen atoms in total. The summed E-state index contributed by atoms with van der Waals surface area (Å²) in [5, 5.41) is 2.58. The molecule has 2 aromatic rings. The molecule has 0 spiro atoms. The number of anilines is 1. The molecule has 0 radical (unpaired) electrons. The van der Waals surface area contributed by atoms with Crippen molar-refractivity contribution in [3.05, 3.63) is 63.0 Å². The number of rotatable bonds is 3. The van der Waals surface area contributed by atoms with Crippen molar-refractivity contribution in [3.63, 3.8) is 0 Å². The quantitative estimate of drug-likeness (QED) is 0.914. The number of pyridine rings is 1. The lowest BCUT2D eigenvalue weighted by molar-refractivity contribution is -0.115. The molecule has 2 N–H and O–H groups in total. The predicted octanol–water partition coefficient (Wildman–Crippen LogP) is 2.32. The minimum atomic E-state index is -0.304. The molecule has 0 aliphatic carbocycles. The molecule has 1 heterocycles. The van der Waals surface area contributed by atoms with Crippen LogP contribution in [0.25, 0.3) is 0 Å². The van der Waals surface area contributed by atoms with E-state index in [1.807, 2.05) is 24.3 Å². The van der Waals surface area contributed by atoms with Crippen LogP contribution in [-0.2, 0) is 11.2 Å². The van der Waals surface area contributed by atoms with Crippen LogP contribution in [0.15, 0.2) is 51.9 Å². The first-order valence-electron chi connectivity index (χ1n) is 5.37. The van der Waals surface area contributed by atoms with E-state index in [1.54, 1.807) is 12.1 Å². The van der Waals surface area contributed by atoms with Crippen LogP contribution in [0.4, 0.5) is 5.69 Å². The first kappa shape index (κ1) is 12.6. The summed E-state index contributed by atoms with van der Waals surface area (Å²) >= 11 is 3.33. The molecule has 5 heteroatoms. The van der Waals surface area contributed by atoms with Gasteiger partial charge in [0.25, 0.3) is 5.56 Å². The number of aromatic amines is 1. The topological polar surface area (TPSA) is 62.0 Å². The SMILES string of the molecule is O=C(Cc1ccc(Br)cc1)Nc1ccc[nH]c1=O. The second kappa shape index (κ2) is 5.64. The van der Waals surface area contributed by atoms with Crippen molar-refractivity contribution in [3.8, 4) is 0 Å². The van der Waals surface area contributed by atoms with Crippen molar-refractivity contribution >= 4 is 27.5 Å². The van der Waals surface area contributed by atoms with E-state index < -0.39 is 0 Å². The lowest BCUT2D eigenvalue weighted by atomic mass is 10.1. The maximum absolute atomic E-state index is 11.7. The molecule has 92 valence electrons. The average Bonchev–Trinajstić information content (AvgIpc) is 2.35. The van der Waals surface area contributed by atoms with Gasteiger partial charge in [0.05, 0.1) is 6.42 Å². The van der Waals surface area contributed by atoms with Crippen LogP contribution in [0.2, 0.25) is 0 Å². The highest BCUT2D eigenvalue weighted by molar-refractivity contribution is 9.10. The number of benzene rings is 1. The van der Waals surface area contributed by atoms with E-state index in [4.69, 9.17) is 0 Å². The van der Waals surface area contributed by atoms with Gasteiger partial charge in [-0.25, -0.2) is 0 Å². The minimum absolute atomic E-state index is 0.214. The van der Waals surface area contributed by atoms with E-state index in [2.05, 4.69) is 26.2 Å². The maximum atomic E-state index is 11.7. The van der Waals surface area contributed by atoms with Gasteiger partial charge in [-0.15, -0.1) is 0 Å². The first-order chi connectivity index (χ1) is 8.65. The van der Waals surface area contributed by atoms with Crippen LogP contribution in [0.3, 0.4) is 0 Å². The molecule has 0 fully saturated rings. The number of carbonyl (C=O) groups is 1. The fraction of sp³-hybridized carbons (Fsp3) is 0.0769. The lowest BCUT2D eigenvalue weighted by Gasteiger charge is -2.04. The van der Waals surface area contributed by atoms with Crippen molar-refractivity contribution in [2.75, 3.05) is 5.32 Å². The first-order valence-corrected chi connectivity index (χ1v) is 6.16. The second-order valence-electron chi connectivity index (χ2n) is 3.76. The van der Waals surface area contributed by atoms with Gasteiger partial charge in [-0.3, -0.25) is 9.59 Å². The molecule has 18 heavy (non-hydrogen) atoms. The highest BCUT2D eigenvalue weighted by Gasteiger charge is 2.06. The number of halogens is 1. The van der Waals surface area contributed by atoms with Gasteiger partial charge in [-0.2, -0.15) is 0 Å². The Morgan fingerprint density at radius 3 is 2.61 bits per heavy atom. The second-order valence-corrected chi connectivity index (χ2v) is 4.68. The van der Waals surface area contributed by atoms with E-state index in [0.717, 1.165) is 10.0 Å². The maximum Gasteiger partial charge on any atom is 0.271 e. The predicted molar refractivity (Wildman–Crippen MR) is 73.5 cm³/mol. The summed E-state index contributed by atoms with van der Waals surface area (Å²) in [4.78, 5) is 25.6. The van der Waals surface area contributed by atoms with Crippen molar-refractivity contribution in [2.45, 2.75) is 6.42 Å². The van der Waals surface area contributed by atoms with Crippen LogP contribution in [0.5, 0.6) is 0 Å². The zero-order chi connectivity index (χ0) is 13.0. The molecule has 0 saturated heterocycles. The smallest absolute Gasteiger partial charge is 0.271 e. The van der Waals surface area contributed by atoms with Crippen molar-refractivity contribution < 1.29 is 4.79 Å². The van der Waals surface area contributed by atoms with Gasteiger partial charge in [0.2, 0.25) is 5.91 Å². The molecule has 0 unspecified atom stereocenters. The number of hydrogen-bond donors (Lipinski definition) is 2. The minimum Gasteiger partial charge on any atom is -0.327 e. The van der Waals surface area contributed by atoms with E-state index in [-0.39, 0.29) is 23.6 Å². The number of aromatic nitrogens is 1. The summed E-state index contributed by atoms with van der Waals surface area (Å²) in [5.41, 5.74) is 0.851. The Hall–Kier alpha value is -1.88. The number of amides is 1. The molecule has 0 atom stereocenters. The number of carbonyl (C=O) groups excluding carboxylic acids is 1. The van der Waals surface area contributed by atoms with Gasteiger partial charge in [-0.1, -0.05) is 28.1 Å². The van der Waals surface area contributed by atoms with Crippen LogP contribution in [0.1, 0.15) is 5.56 Å². The van der Waals surface area contributed by atoms with Crippen LogP contribution < -0.4 is 10.9 Å². The van der Waals surface area contributed by atoms with Crippen molar-refractivity contribution in [1.82, 2.24) is 4.98 Å². The number of hydrogen-bond acceptors (Lipinski definition) is 2. The molecule has 2 rings (SSSR count). The molecular weight excluding hydrogens is 296 g/mol. The van der Waals surface area contributed by atoms with Crippen LogP contribution in [-0.4, -0.2) is 10.9 Å². The molecule has 0 bridgehead atoms. The largest absolute Gasteiger partial charge is 0.327 e. The van der Waals surface area contributed by atoms with Gasteiger partial charge < -0.3 is 10.3 Å². The standard InChI is InChI=1S/C13H11BrN2O2/c14-10-5-3-9(4-6-10)8-12(17)16-11-2-1-7-15-13(11)18/h1-7H,8H2,(H,15,18)(H,16,17). The molecule has 1 amide bonds. The highest BCUT2D eigenvalue weighted by atomic mass is 79.9.